The minimum atomic E-state index is -5.02. The van der Waals surface area contributed by atoms with Gasteiger partial charge in [0.15, 0.2) is 12.2 Å². The Morgan fingerprint density at radius 3 is 0.811 bits per heavy atom. The Balaban J connectivity index is 5.54. The van der Waals surface area contributed by atoms with Crippen molar-refractivity contribution in [2.24, 2.45) is 0 Å². The smallest absolute Gasteiger partial charge is 0.462 e. The molecule has 0 rings (SSSR count). The molecule has 106 heavy (non-hydrogen) atoms. The van der Waals surface area contributed by atoms with Crippen molar-refractivity contribution in [3.05, 3.63) is 194 Å². The molecule has 0 aromatic rings. The number of phosphoric acid groups is 2. The molecule has 5 atom stereocenters. The largest absolute Gasteiger partial charge is 0.472 e. The van der Waals surface area contributed by atoms with E-state index >= 15 is 0 Å². The first-order valence-corrected chi connectivity index (χ1v) is 42.7. The summed E-state index contributed by atoms with van der Waals surface area (Å²) in [4.78, 5) is 73.0. The molecular formula is C87H138O17P2. The van der Waals surface area contributed by atoms with Crippen LogP contribution < -0.4 is 0 Å². The molecule has 0 saturated heterocycles. The normalized spacial score (nSPS) is 14.9. The highest BCUT2D eigenvalue weighted by atomic mass is 31.2. The van der Waals surface area contributed by atoms with E-state index in [9.17, 15) is 43.2 Å². The van der Waals surface area contributed by atoms with E-state index in [0.717, 1.165) is 122 Å². The first kappa shape index (κ1) is 99.9. The van der Waals surface area contributed by atoms with Gasteiger partial charge >= 0.3 is 39.5 Å². The number of aliphatic hydroxyl groups is 1. The summed E-state index contributed by atoms with van der Waals surface area (Å²) in [5.74, 6) is -2.43. The van der Waals surface area contributed by atoms with Crippen molar-refractivity contribution < 1.29 is 80.2 Å². The van der Waals surface area contributed by atoms with Crippen LogP contribution in [0.4, 0.5) is 0 Å². The Hall–Kier alpha value is -6.10. The van der Waals surface area contributed by atoms with E-state index in [0.29, 0.717) is 44.9 Å². The minimum Gasteiger partial charge on any atom is -0.462 e. The number of ether oxygens (including phenoxy) is 4. The van der Waals surface area contributed by atoms with Gasteiger partial charge in [-0.3, -0.25) is 37.3 Å². The van der Waals surface area contributed by atoms with E-state index in [2.05, 4.69) is 180 Å². The highest BCUT2D eigenvalue weighted by Crippen LogP contribution is 2.45. The van der Waals surface area contributed by atoms with Gasteiger partial charge in [-0.2, -0.15) is 0 Å². The third-order valence-electron chi connectivity index (χ3n) is 15.6. The summed E-state index contributed by atoms with van der Waals surface area (Å²) in [6.45, 7) is 4.29. The lowest BCUT2D eigenvalue weighted by molar-refractivity contribution is -0.161. The molecular weight excluding hydrogens is 1380 g/mol. The van der Waals surface area contributed by atoms with E-state index in [1.165, 1.54) is 51.4 Å². The molecule has 5 unspecified atom stereocenters. The maximum atomic E-state index is 13.1. The van der Waals surface area contributed by atoms with Crippen LogP contribution in [-0.4, -0.2) is 96.7 Å². The molecule has 0 aliphatic heterocycles. The number of hydrogen-bond donors (Lipinski definition) is 3. The quantitative estimate of drug-likeness (QED) is 0.0169. The van der Waals surface area contributed by atoms with Crippen LogP contribution in [-0.2, 0) is 65.4 Å². The molecule has 0 aromatic carbocycles. The molecule has 0 radical (unpaired) electrons. The van der Waals surface area contributed by atoms with Gasteiger partial charge < -0.3 is 33.8 Å². The second-order valence-electron chi connectivity index (χ2n) is 25.5. The molecule has 17 nitrogen and oxygen atoms in total. The van der Waals surface area contributed by atoms with Gasteiger partial charge in [0.2, 0.25) is 0 Å². The lowest BCUT2D eigenvalue weighted by Gasteiger charge is -2.21. The SMILES string of the molecule is CC/C=C\C/C=C\C/C=C\C/C=C\C/C=C\C/C=C\CCC(=O)OCC(COP(=O)(O)OCC(O)COP(=O)(O)OCC(COC(=O)CCC/C=C\C/C=C\C/C=C\C/C=C\C/C=C\CC)OC(=O)CCC/C=C\C/C=C\C/C=C\C/C=C\C/C=C\CC)OC(=O)CCCCCCCCCCCCCCC. The van der Waals surface area contributed by atoms with Crippen molar-refractivity contribution in [3.8, 4) is 0 Å². The Bertz CT molecular complexity index is 2780. The van der Waals surface area contributed by atoms with Crippen LogP contribution in [0.15, 0.2) is 194 Å². The second kappa shape index (κ2) is 77.1. The second-order valence-corrected chi connectivity index (χ2v) is 28.4. The monoisotopic (exact) mass is 1520 g/mol. The highest BCUT2D eigenvalue weighted by molar-refractivity contribution is 7.47. The van der Waals surface area contributed by atoms with E-state index < -0.39 is 97.5 Å². The number of esters is 4. The maximum Gasteiger partial charge on any atom is 0.472 e. The first-order valence-electron chi connectivity index (χ1n) is 39.7. The summed E-state index contributed by atoms with van der Waals surface area (Å²) in [5, 5.41) is 10.6. The summed E-state index contributed by atoms with van der Waals surface area (Å²) < 4.78 is 68.4. The van der Waals surface area contributed by atoms with Crippen molar-refractivity contribution in [1.82, 2.24) is 0 Å². The van der Waals surface area contributed by atoms with Gasteiger partial charge in [0.05, 0.1) is 26.4 Å². The van der Waals surface area contributed by atoms with Gasteiger partial charge in [0.1, 0.15) is 19.3 Å². The van der Waals surface area contributed by atoms with Crippen LogP contribution in [0.25, 0.3) is 0 Å². The molecule has 0 bridgehead atoms. The summed E-state index contributed by atoms with van der Waals surface area (Å²) in [5.41, 5.74) is 0. The van der Waals surface area contributed by atoms with E-state index in [4.69, 9.17) is 37.0 Å². The topological polar surface area (TPSA) is 237 Å². The number of carbonyl (C=O) groups excluding carboxylic acids is 4. The fraction of sp³-hybridized carbons (Fsp3) is 0.586. The predicted octanol–water partition coefficient (Wildman–Crippen LogP) is 23.3. The Kier molecular flexibility index (Phi) is 72.6. The van der Waals surface area contributed by atoms with Gasteiger partial charge in [-0.05, 0) is 141 Å². The standard InChI is InChI=1S/C87H138O17P2/c1-5-9-13-17-21-25-29-33-36-39-40-43-45-49-52-56-60-64-68-72-85(90)97-77-82(103-86(91)73-69-65-61-57-53-47-32-28-24-20-16-12-8-4)79-101-105(93,94)99-75-81(88)76-100-106(95,96)102-80-83(104-87(92)74-70-66-62-58-54-50-46-42-38-35-31-27-23-19-15-11-7-3)78-98-84(89)71-67-63-59-55-51-48-44-41-37-34-30-26-22-18-14-10-6-2/h9-11,13-15,21-23,25-27,33-38,40,43-44,46,48-50,52,55,58-60,62,64,81-83,88H,5-8,12,16-20,24,28-32,39,41-42,45,47,51,53-54,56-57,61,63,65-80H2,1-4H3,(H,93,94)(H,95,96)/b13-9-,14-10-,15-11-,25-21-,26-22-,27-23-,36-33-,37-34-,38-35-,43-40-,48-44-,50-46-,52-49-,59-55-,62-58-,64-60-. The fourth-order valence-electron chi connectivity index (χ4n) is 9.67. The van der Waals surface area contributed by atoms with E-state index in [-0.39, 0.29) is 25.7 Å². The molecule has 0 amide bonds. The molecule has 0 saturated carbocycles. The lowest BCUT2D eigenvalue weighted by Crippen LogP contribution is -2.30. The Labute approximate surface area is 640 Å². The number of rotatable bonds is 72. The Morgan fingerprint density at radius 1 is 0.274 bits per heavy atom. The number of unbranched alkanes of at least 4 members (excludes halogenated alkanes) is 14. The van der Waals surface area contributed by atoms with Crippen LogP contribution in [0.5, 0.6) is 0 Å². The van der Waals surface area contributed by atoms with Crippen molar-refractivity contribution in [3.63, 3.8) is 0 Å². The lowest BCUT2D eigenvalue weighted by atomic mass is 10.0. The summed E-state index contributed by atoms with van der Waals surface area (Å²) in [6, 6.07) is 0. The maximum absolute atomic E-state index is 13.1. The average molecular weight is 1520 g/mol. The van der Waals surface area contributed by atoms with Crippen molar-refractivity contribution in [2.45, 2.75) is 290 Å². The van der Waals surface area contributed by atoms with Gasteiger partial charge in [0.25, 0.3) is 0 Å². The molecule has 598 valence electrons. The van der Waals surface area contributed by atoms with Gasteiger partial charge in [0, 0.05) is 25.7 Å². The van der Waals surface area contributed by atoms with Crippen molar-refractivity contribution in [1.29, 1.82) is 0 Å². The third kappa shape index (κ3) is 76.1. The fourth-order valence-corrected chi connectivity index (χ4v) is 11.2. The molecule has 0 aliphatic rings. The zero-order valence-electron chi connectivity index (χ0n) is 65.3. The molecule has 0 spiro atoms. The van der Waals surface area contributed by atoms with Crippen LogP contribution in [0.1, 0.15) is 272 Å². The zero-order valence-corrected chi connectivity index (χ0v) is 67.1. The number of phosphoric ester groups is 2. The molecule has 19 heteroatoms. The molecule has 0 aromatic heterocycles. The van der Waals surface area contributed by atoms with Gasteiger partial charge in [-0.25, -0.2) is 9.13 Å². The van der Waals surface area contributed by atoms with E-state index in [1.54, 1.807) is 0 Å². The number of carbonyl (C=O) groups is 4. The number of aliphatic hydroxyl groups excluding tert-OH is 1. The summed E-state index contributed by atoms with van der Waals surface area (Å²) >= 11 is 0. The number of allylic oxidation sites excluding steroid dienone is 32. The Morgan fingerprint density at radius 2 is 0.509 bits per heavy atom. The van der Waals surface area contributed by atoms with Gasteiger partial charge in [-0.15, -0.1) is 0 Å². The molecule has 0 aliphatic carbocycles. The van der Waals surface area contributed by atoms with Crippen LogP contribution >= 0.6 is 15.6 Å². The summed E-state index contributed by atoms with van der Waals surface area (Å²) in [7, 11) is -10.0. The van der Waals surface area contributed by atoms with Crippen molar-refractivity contribution >= 4 is 39.5 Å². The van der Waals surface area contributed by atoms with Crippen LogP contribution in [0, 0.1) is 0 Å². The first-order chi connectivity index (χ1) is 51.7. The average Bonchev–Trinajstić information content (AvgIpc) is 0.900. The summed E-state index contributed by atoms with van der Waals surface area (Å²) in [6.07, 6.45) is 94.5. The van der Waals surface area contributed by atoms with Gasteiger partial charge in [-0.1, -0.05) is 299 Å². The zero-order chi connectivity index (χ0) is 77.4. The third-order valence-corrected chi connectivity index (χ3v) is 17.5. The van der Waals surface area contributed by atoms with Crippen LogP contribution in [0.3, 0.4) is 0 Å². The molecule has 3 N–H and O–H groups in total. The molecule has 0 heterocycles. The highest BCUT2D eigenvalue weighted by Gasteiger charge is 2.30. The van der Waals surface area contributed by atoms with Crippen molar-refractivity contribution in [2.75, 3.05) is 39.6 Å². The molecule has 0 fully saturated rings. The van der Waals surface area contributed by atoms with Crippen LogP contribution in [0.2, 0.25) is 0 Å². The van der Waals surface area contributed by atoms with E-state index in [1.807, 2.05) is 42.5 Å². The predicted molar refractivity (Wildman–Crippen MR) is 436 cm³/mol. The number of hydrogen-bond acceptors (Lipinski definition) is 15. The minimum absolute atomic E-state index is 0.00494.